The largest absolute Gasteiger partial charge is 0.744 e. The summed E-state index contributed by atoms with van der Waals surface area (Å²) in [7, 11) is -23.7. The summed E-state index contributed by atoms with van der Waals surface area (Å²) in [6, 6.07) is 9.06. The average molecular weight is 1310 g/mol. The highest BCUT2D eigenvalue weighted by Gasteiger charge is 2.48. The number of halogens is 1. The topological polar surface area (TPSA) is 372 Å². The highest BCUT2D eigenvalue weighted by atomic mass is 35.5. The average Bonchev–Trinajstić information content (AvgIpc) is 1.52. The van der Waals surface area contributed by atoms with Crippen molar-refractivity contribution in [1.82, 2.24) is 5.06 Å². The first-order chi connectivity index (χ1) is 40.1. The summed E-state index contributed by atoms with van der Waals surface area (Å²) in [6.45, 7) is 6.40. The van der Waals surface area contributed by atoms with E-state index in [9.17, 15) is 79.2 Å². The Bertz CT molecular complexity index is 4220. The summed E-state index contributed by atoms with van der Waals surface area (Å²) in [5.74, 6) is -2.95. The molecule has 3 aliphatic heterocycles. The first-order valence-electron chi connectivity index (χ1n) is 26.8. The van der Waals surface area contributed by atoms with Gasteiger partial charge in [-0.3, -0.25) is 27.8 Å². The number of carbonyl (C=O) groups excluding carboxylic acids is 3. The minimum absolute atomic E-state index is 0.00134. The van der Waals surface area contributed by atoms with E-state index < -0.39 is 105 Å². The van der Waals surface area contributed by atoms with E-state index in [0.29, 0.717) is 94.2 Å². The molecule has 466 valence electrons. The summed E-state index contributed by atoms with van der Waals surface area (Å²) in [5.41, 5.74) is 1.03. The molecule has 3 heterocycles. The number of anilines is 1. The van der Waals surface area contributed by atoms with Gasteiger partial charge in [0.25, 0.3) is 52.3 Å². The van der Waals surface area contributed by atoms with Gasteiger partial charge in [0, 0.05) is 83.2 Å². The molecule has 1 aliphatic carbocycles. The first kappa shape index (κ1) is 66.1. The van der Waals surface area contributed by atoms with Crippen LogP contribution in [0.5, 0.6) is 0 Å². The van der Waals surface area contributed by atoms with Gasteiger partial charge in [-0.15, -0.1) is 5.06 Å². The van der Waals surface area contributed by atoms with E-state index in [2.05, 4.69) is 0 Å². The maximum absolute atomic E-state index is 13.0. The molecule has 0 bridgehead atoms. The molecule has 4 aliphatic rings. The molecule has 4 N–H and O–H groups in total. The standard InChI is InChI=1S/C55H62ClN3O22S5/c1-54(2)46(57(22-6-10-50(62)81-59-48(60)19-20-49(59)61)42-15-13-38-40(51(42)54)30-36(83(66,67)68)32-44(38)85(72,73)74)17-11-34-8-5-9-35(53(34)56)12-18-47-55(3,21-7-29-82(63,64)65)52-41-31-37(84(69,70)71)33-45(86(75,76)77)39(41)14-16-43(52)58(47)23-24-79-27-28-80-26-25-78-4/h11-18,30-33H,5-10,19-29H2,1-4H3,(H4-,63,64,65,66,67,68,69,70,71,72,73,74,75,76,77). The molecule has 1 fully saturated rings. The fraction of sp³-hybridized carbons (Fsp3) is 0.418. The Morgan fingerprint density at radius 2 is 1.30 bits per heavy atom. The number of hydrogen-bond acceptors (Lipinski definition) is 19. The number of carbonyl (C=O) groups is 3. The van der Waals surface area contributed by atoms with Crippen LogP contribution in [-0.2, 0) is 94.9 Å². The van der Waals surface area contributed by atoms with Crippen LogP contribution in [0, 0.1) is 0 Å². The third-order valence-corrected chi connectivity index (χ3v) is 20.2. The number of allylic oxidation sites excluding steroid dienone is 8. The van der Waals surface area contributed by atoms with Crippen LogP contribution in [0.1, 0.15) is 89.7 Å². The third-order valence-electron chi connectivity index (χ3n) is 15.4. The number of hydrogen-bond donors (Lipinski definition) is 4. The molecule has 1 saturated heterocycles. The zero-order chi connectivity index (χ0) is 63.1. The number of methoxy groups -OCH3 is 1. The second kappa shape index (κ2) is 25.3. The summed E-state index contributed by atoms with van der Waals surface area (Å²) in [6.07, 6.45) is 7.55. The number of imide groups is 1. The molecule has 2 amide bonds. The predicted octanol–water partition coefficient (Wildman–Crippen LogP) is 6.57. The molecule has 8 rings (SSSR count). The van der Waals surface area contributed by atoms with Crippen molar-refractivity contribution in [3.05, 3.63) is 106 Å². The number of hydroxylamine groups is 2. The molecular weight excluding hydrogens is 1250 g/mol. The number of fused-ring (bicyclic) bond motifs is 6. The van der Waals surface area contributed by atoms with Gasteiger partial charge >= 0.3 is 5.97 Å². The number of benzene rings is 4. The third kappa shape index (κ3) is 14.2. The van der Waals surface area contributed by atoms with E-state index in [4.69, 9.17) is 30.6 Å². The van der Waals surface area contributed by atoms with Crippen LogP contribution in [0.15, 0.2) is 114 Å². The molecule has 0 radical (unpaired) electrons. The van der Waals surface area contributed by atoms with Gasteiger partial charge in [-0.05, 0) is 123 Å². The Morgan fingerprint density at radius 3 is 1.91 bits per heavy atom. The Hall–Kier alpha value is -5.84. The lowest BCUT2D eigenvalue weighted by Crippen LogP contribution is -2.32. The van der Waals surface area contributed by atoms with E-state index in [1.807, 2.05) is 4.90 Å². The van der Waals surface area contributed by atoms with Crippen LogP contribution in [0.3, 0.4) is 0 Å². The van der Waals surface area contributed by atoms with Crippen LogP contribution >= 0.6 is 11.6 Å². The SMILES string of the molecule is COCCOCCOCCN1C(=CC=C2CCCC(C=CC3=[N+](CCCC(=O)ON4C(=O)CCC4=O)c4ccc5c(S(=O)(=O)[O-])cc(S(=O)(=O)O)cc5c4C3(C)C)=C2Cl)C(C)(CCCS(=O)(=O)O)c2c1ccc1c(S(=O)(=O)O)cc(S(=O)(=O)O)cc21. The van der Waals surface area contributed by atoms with Gasteiger partial charge in [0.1, 0.15) is 21.6 Å². The van der Waals surface area contributed by atoms with Gasteiger partial charge < -0.3 is 28.5 Å². The second-order valence-electron chi connectivity index (χ2n) is 21.5. The monoisotopic (exact) mass is 1310 g/mol. The molecular formula is C55H62ClN3O22S5. The second-order valence-corrected chi connectivity index (χ2v) is 29.0. The van der Waals surface area contributed by atoms with Crippen LogP contribution < -0.4 is 4.90 Å². The Kier molecular flexibility index (Phi) is 19.5. The van der Waals surface area contributed by atoms with Crippen molar-refractivity contribution in [3.8, 4) is 0 Å². The Morgan fingerprint density at radius 1 is 0.709 bits per heavy atom. The number of rotatable bonds is 25. The fourth-order valence-corrected chi connectivity index (χ4v) is 15.1. The molecule has 31 heteroatoms. The maximum atomic E-state index is 13.0. The van der Waals surface area contributed by atoms with Gasteiger partial charge in [-0.2, -0.15) is 38.2 Å². The van der Waals surface area contributed by atoms with Gasteiger partial charge in [-0.1, -0.05) is 29.8 Å². The summed E-state index contributed by atoms with van der Waals surface area (Å²) in [5, 5.41) is 0.418. The van der Waals surface area contributed by atoms with E-state index in [0.717, 1.165) is 12.1 Å². The lowest BCUT2D eigenvalue weighted by Gasteiger charge is -2.31. The Labute approximate surface area is 502 Å². The maximum Gasteiger partial charge on any atom is 0.333 e. The van der Waals surface area contributed by atoms with Crippen molar-refractivity contribution in [2.75, 3.05) is 63.9 Å². The lowest BCUT2D eigenvalue weighted by molar-refractivity contribution is -0.438. The summed E-state index contributed by atoms with van der Waals surface area (Å²) in [4.78, 5) is 40.9. The van der Waals surface area contributed by atoms with Crippen molar-refractivity contribution >= 4 is 119 Å². The molecule has 25 nitrogen and oxygen atoms in total. The van der Waals surface area contributed by atoms with Crippen LogP contribution in [0.25, 0.3) is 21.5 Å². The van der Waals surface area contributed by atoms with Gasteiger partial charge in [0.15, 0.2) is 5.71 Å². The normalized spacial score (nSPS) is 19.6. The zero-order valence-electron chi connectivity index (χ0n) is 46.8. The van der Waals surface area contributed by atoms with Gasteiger partial charge in [-0.25, -0.2) is 13.2 Å². The molecule has 4 aromatic carbocycles. The van der Waals surface area contributed by atoms with Crippen molar-refractivity contribution in [1.29, 1.82) is 0 Å². The quantitative estimate of drug-likeness (QED) is 0.0236. The minimum atomic E-state index is -5.34. The summed E-state index contributed by atoms with van der Waals surface area (Å²) >= 11 is 7.34. The molecule has 0 aromatic heterocycles. The first-order valence-corrected chi connectivity index (χ1v) is 34.5. The van der Waals surface area contributed by atoms with Crippen molar-refractivity contribution in [2.45, 2.75) is 109 Å². The highest BCUT2D eigenvalue weighted by Crippen LogP contribution is 2.54. The van der Waals surface area contributed by atoms with Crippen molar-refractivity contribution < 1.29 is 103 Å². The minimum Gasteiger partial charge on any atom is -0.744 e. The molecule has 1 unspecified atom stereocenters. The van der Waals surface area contributed by atoms with Crippen LogP contribution in [0.2, 0.25) is 0 Å². The smallest absolute Gasteiger partial charge is 0.333 e. The number of amides is 2. The zero-order valence-corrected chi connectivity index (χ0v) is 51.7. The molecule has 0 saturated carbocycles. The molecule has 0 spiro atoms. The fourth-order valence-electron chi connectivity index (χ4n) is 11.6. The van der Waals surface area contributed by atoms with Gasteiger partial charge in [0.05, 0.1) is 65.3 Å². The predicted molar refractivity (Wildman–Crippen MR) is 310 cm³/mol. The van der Waals surface area contributed by atoms with Crippen LogP contribution in [-0.4, -0.2) is 157 Å². The van der Waals surface area contributed by atoms with Gasteiger partial charge in [0.2, 0.25) is 5.69 Å². The molecule has 4 aromatic rings. The number of ether oxygens (including phenoxy) is 3. The number of nitrogens with zero attached hydrogens (tertiary/aromatic N) is 3. The van der Waals surface area contributed by atoms with E-state index in [-0.39, 0.29) is 98.5 Å². The van der Waals surface area contributed by atoms with E-state index in [1.165, 1.54) is 25.3 Å². The van der Waals surface area contributed by atoms with Crippen LogP contribution in [0.4, 0.5) is 11.4 Å². The van der Waals surface area contributed by atoms with E-state index >= 15 is 0 Å². The molecule has 1 atom stereocenters. The van der Waals surface area contributed by atoms with Crippen molar-refractivity contribution in [2.24, 2.45) is 0 Å². The molecule has 86 heavy (non-hydrogen) atoms. The lowest BCUT2D eigenvalue weighted by atomic mass is 9.75. The van der Waals surface area contributed by atoms with E-state index in [1.54, 1.807) is 55.7 Å². The van der Waals surface area contributed by atoms with Crippen molar-refractivity contribution in [3.63, 3.8) is 0 Å². The highest BCUT2D eigenvalue weighted by molar-refractivity contribution is 7.87. The summed E-state index contributed by atoms with van der Waals surface area (Å²) < 4.78 is 198. The Balaban J connectivity index is 1.25.